The topological polar surface area (TPSA) is 68.0 Å². The van der Waals surface area contributed by atoms with E-state index in [1.165, 1.54) is 11.3 Å². The van der Waals surface area contributed by atoms with E-state index in [2.05, 4.69) is 10.3 Å². The van der Waals surface area contributed by atoms with Crippen molar-refractivity contribution < 1.29 is 4.79 Å². The normalized spacial score (nSPS) is 12.1. The van der Waals surface area contributed by atoms with Gasteiger partial charge in [0, 0.05) is 17.1 Å². The molecule has 0 saturated heterocycles. The lowest BCUT2D eigenvalue weighted by Gasteiger charge is -2.14. The number of amides is 1. The fraction of sp³-hybridized carbons (Fsp3) is 0.231. The molecule has 0 aliphatic rings. The minimum absolute atomic E-state index is 0.0793. The van der Waals surface area contributed by atoms with Crippen LogP contribution < -0.4 is 11.1 Å². The van der Waals surface area contributed by atoms with Gasteiger partial charge >= 0.3 is 0 Å². The van der Waals surface area contributed by atoms with Crippen molar-refractivity contribution in [3.8, 4) is 0 Å². The number of halogens is 1. The largest absolute Gasteiger partial charge is 0.398 e. The van der Waals surface area contributed by atoms with E-state index in [-0.39, 0.29) is 11.9 Å². The number of nitrogens with two attached hydrogens (primary N) is 1. The molecule has 2 aromatic rings. The van der Waals surface area contributed by atoms with Crippen molar-refractivity contribution >= 4 is 34.5 Å². The van der Waals surface area contributed by atoms with E-state index >= 15 is 0 Å². The van der Waals surface area contributed by atoms with Gasteiger partial charge < -0.3 is 11.1 Å². The molecule has 4 nitrogen and oxygen atoms in total. The van der Waals surface area contributed by atoms with E-state index in [1.54, 1.807) is 24.4 Å². The second-order valence-corrected chi connectivity index (χ2v) is 5.37. The highest BCUT2D eigenvalue weighted by atomic mass is 35.5. The molecule has 1 heterocycles. The third kappa shape index (κ3) is 3.24. The number of nitrogens with zero attached hydrogens (tertiary/aromatic N) is 1. The van der Waals surface area contributed by atoms with Gasteiger partial charge in [-0.05, 0) is 24.6 Å². The second-order valence-electron chi connectivity index (χ2n) is 4.04. The third-order valence-electron chi connectivity index (χ3n) is 2.72. The zero-order valence-corrected chi connectivity index (χ0v) is 12.0. The summed E-state index contributed by atoms with van der Waals surface area (Å²) in [5.41, 5.74) is 6.59. The predicted octanol–water partition coefficient (Wildman–Crippen LogP) is 3.26. The lowest BCUT2D eigenvalue weighted by atomic mass is 10.1. The van der Waals surface area contributed by atoms with Gasteiger partial charge in [-0.25, -0.2) is 4.98 Å². The van der Waals surface area contributed by atoms with Gasteiger partial charge in [0.25, 0.3) is 5.91 Å². The molecule has 0 aliphatic carbocycles. The zero-order chi connectivity index (χ0) is 13.8. The number of anilines is 1. The Hall–Kier alpha value is -1.59. The van der Waals surface area contributed by atoms with Gasteiger partial charge in [-0.2, -0.15) is 0 Å². The summed E-state index contributed by atoms with van der Waals surface area (Å²) in [6.45, 7) is 2.00. The van der Waals surface area contributed by atoms with Gasteiger partial charge in [-0.1, -0.05) is 18.5 Å². The van der Waals surface area contributed by atoms with Crippen LogP contribution in [0.15, 0.2) is 29.8 Å². The van der Waals surface area contributed by atoms with Crippen molar-refractivity contribution in [3.05, 3.63) is 45.4 Å². The first-order chi connectivity index (χ1) is 9.11. The van der Waals surface area contributed by atoms with Gasteiger partial charge in [0.2, 0.25) is 0 Å². The van der Waals surface area contributed by atoms with E-state index in [0.717, 1.165) is 11.4 Å². The van der Waals surface area contributed by atoms with Crippen molar-refractivity contribution in [2.24, 2.45) is 0 Å². The molecule has 100 valence electrons. The summed E-state index contributed by atoms with van der Waals surface area (Å²) < 4.78 is 0. The average molecular weight is 296 g/mol. The van der Waals surface area contributed by atoms with Crippen LogP contribution in [-0.2, 0) is 0 Å². The molecular weight excluding hydrogens is 282 g/mol. The van der Waals surface area contributed by atoms with E-state index in [0.29, 0.717) is 16.3 Å². The van der Waals surface area contributed by atoms with Crippen molar-refractivity contribution in [1.82, 2.24) is 10.3 Å². The summed E-state index contributed by atoms with van der Waals surface area (Å²) in [7, 11) is 0. The van der Waals surface area contributed by atoms with Crippen LogP contribution >= 0.6 is 22.9 Å². The van der Waals surface area contributed by atoms with Crippen molar-refractivity contribution in [3.63, 3.8) is 0 Å². The lowest BCUT2D eigenvalue weighted by Crippen LogP contribution is -2.28. The molecule has 3 N–H and O–H groups in total. The molecule has 19 heavy (non-hydrogen) atoms. The maximum Gasteiger partial charge on any atom is 0.251 e. The van der Waals surface area contributed by atoms with Crippen LogP contribution in [0.25, 0.3) is 0 Å². The fourth-order valence-electron chi connectivity index (χ4n) is 1.67. The first-order valence-electron chi connectivity index (χ1n) is 5.87. The number of hydrogen-bond acceptors (Lipinski definition) is 4. The maximum absolute atomic E-state index is 12.1. The first-order valence-corrected chi connectivity index (χ1v) is 7.13. The van der Waals surface area contributed by atoms with Gasteiger partial charge in [-0.15, -0.1) is 11.3 Å². The molecule has 1 atom stereocenters. The molecule has 0 radical (unpaired) electrons. The summed E-state index contributed by atoms with van der Waals surface area (Å²) in [6.07, 6.45) is 2.51. The number of carbonyl (C=O) groups is 1. The third-order valence-corrected chi connectivity index (χ3v) is 3.95. The fourth-order valence-corrected chi connectivity index (χ4v) is 2.56. The molecule has 0 saturated carbocycles. The van der Waals surface area contributed by atoms with Crippen molar-refractivity contribution in [2.45, 2.75) is 19.4 Å². The predicted molar refractivity (Wildman–Crippen MR) is 78.5 cm³/mol. The smallest absolute Gasteiger partial charge is 0.251 e. The summed E-state index contributed by atoms with van der Waals surface area (Å²) >= 11 is 7.36. The summed E-state index contributed by atoms with van der Waals surface area (Å²) in [6, 6.07) is 4.77. The van der Waals surface area contributed by atoms with Crippen molar-refractivity contribution in [2.75, 3.05) is 5.73 Å². The monoisotopic (exact) mass is 295 g/mol. The SMILES string of the molecule is CCC(NC(=O)c1ccc(Cl)c(N)c1)c1nccs1. The van der Waals surface area contributed by atoms with Crippen molar-refractivity contribution in [1.29, 1.82) is 0 Å². The Bertz CT molecular complexity index is 571. The highest BCUT2D eigenvalue weighted by Crippen LogP contribution is 2.22. The Labute approximate surface area is 120 Å². The van der Waals surface area contributed by atoms with E-state index in [9.17, 15) is 4.79 Å². The number of benzene rings is 1. The van der Waals surface area contributed by atoms with E-state index in [4.69, 9.17) is 17.3 Å². The quantitative estimate of drug-likeness (QED) is 0.851. The number of nitrogens with one attached hydrogen (secondary N) is 1. The van der Waals surface area contributed by atoms with Crippen LogP contribution in [0.4, 0.5) is 5.69 Å². The lowest BCUT2D eigenvalue weighted by molar-refractivity contribution is 0.0935. The van der Waals surface area contributed by atoms with Gasteiger partial charge in [0.1, 0.15) is 5.01 Å². The van der Waals surface area contributed by atoms with Crippen LogP contribution in [0.2, 0.25) is 5.02 Å². The maximum atomic E-state index is 12.1. The number of rotatable bonds is 4. The summed E-state index contributed by atoms with van der Waals surface area (Å²) in [5.74, 6) is -0.176. The van der Waals surface area contributed by atoms with Crippen LogP contribution in [0, 0.1) is 0 Å². The molecule has 1 amide bonds. The molecule has 1 unspecified atom stereocenters. The number of aromatic nitrogens is 1. The standard InChI is InChI=1S/C13H14ClN3OS/c1-2-11(13-16-5-6-19-13)17-12(18)8-3-4-9(14)10(15)7-8/h3-7,11H,2,15H2,1H3,(H,17,18). The molecule has 0 spiro atoms. The number of thiazole rings is 1. The molecule has 0 fully saturated rings. The molecule has 6 heteroatoms. The zero-order valence-electron chi connectivity index (χ0n) is 10.4. The Balaban J connectivity index is 2.13. The Morgan fingerprint density at radius 1 is 1.58 bits per heavy atom. The molecule has 0 bridgehead atoms. The highest BCUT2D eigenvalue weighted by molar-refractivity contribution is 7.09. The molecule has 1 aromatic heterocycles. The first kappa shape index (κ1) is 13.8. The Kier molecular flexibility index (Phi) is 4.39. The highest BCUT2D eigenvalue weighted by Gasteiger charge is 2.16. The van der Waals surface area contributed by atoms with Gasteiger partial charge in [0.05, 0.1) is 16.8 Å². The minimum Gasteiger partial charge on any atom is -0.398 e. The molecule has 0 aliphatic heterocycles. The Morgan fingerprint density at radius 3 is 2.95 bits per heavy atom. The van der Waals surface area contributed by atoms with Gasteiger partial charge in [0.15, 0.2) is 0 Å². The summed E-state index contributed by atoms with van der Waals surface area (Å²) in [5, 5.41) is 6.18. The van der Waals surface area contributed by atoms with Gasteiger partial charge in [-0.3, -0.25) is 4.79 Å². The second kappa shape index (κ2) is 6.04. The van der Waals surface area contributed by atoms with Crippen LogP contribution in [0.5, 0.6) is 0 Å². The molecule has 2 rings (SSSR count). The number of nitrogen functional groups attached to an aromatic ring is 1. The minimum atomic E-state index is -0.176. The number of hydrogen-bond donors (Lipinski definition) is 2. The summed E-state index contributed by atoms with van der Waals surface area (Å²) in [4.78, 5) is 16.4. The average Bonchev–Trinajstić information content (AvgIpc) is 2.92. The van der Waals surface area contributed by atoms with Crippen LogP contribution in [0.1, 0.15) is 34.8 Å². The van der Waals surface area contributed by atoms with E-state index in [1.807, 2.05) is 12.3 Å². The van der Waals surface area contributed by atoms with E-state index < -0.39 is 0 Å². The van der Waals surface area contributed by atoms with Crippen LogP contribution in [0.3, 0.4) is 0 Å². The Morgan fingerprint density at radius 2 is 2.37 bits per heavy atom. The van der Waals surface area contributed by atoms with Crippen LogP contribution in [-0.4, -0.2) is 10.9 Å². The molecular formula is C13H14ClN3OS. The number of carbonyl (C=O) groups excluding carboxylic acids is 1. The molecule has 1 aromatic carbocycles.